The molecule has 0 aliphatic carbocycles. The quantitative estimate of drug-likeness (QED) is 0.540. The molecule has 68 valence electrons. The van der Waals surface area contributed by atoms with E-state index in [1.807, 2.05) is 0 Å². The Kier molecular flexibility index (Phi) is 4.74. The number of quaternary nitrogens is 1. The summed E-state index contributed by atoms with van der Waals surface area (Å²) in [6, 6.07) is 0.856. The van der Waals surface area contributed by atoms with Crippen molar-refractivity contribution in [3.8, 4) is 0 Å². The Hall–Kier alpha value is -0.0400. The van der Waals surface area contributed by atoms with Crippen LogP contribution in [0.5, 0.6) is 0 Å². The monoisotopic (exact) mass is 158 g/mol. The predicted octanol–water partition coefficient (Wildman–Crippen LogP) is 2.66. The lowest BCUT2D eigenvalue weighted by Gasteiger charge is -2.37. The van der Waals surface area contributed by atoms with E-state index in [9.17, 15) is 0 Å². The maximum atomic E-state index is 2.35. The van der Waals surface area contributed by atoms with E-state index in [4.69, 9.17) is 0 Å². The second-order valence-electron chi connectivity index (χ2n) is 3.97. The first-order valence-corrected chi connectivity index (χ1v) is 4.91. The van der Waals surface area contributed by atoms with Crippen molar-refractivity contribution >= 4 is 0 Å². The van der Waals surface area contributed by atoms with Gasteiger partial charge in [0.25, 0.3) is 0 Å². The fourth-order valence-corrected chi connectivity index (χ4v) is 2.04. The second kappa shape index (κ2) is 4.76. The van der Waals surface area contributed by atoms with Crippen LogP contribution >= 0.6 is 0 Å². The normalized spacial score (nSPS) is 12.5. The summed E-state index contributed by atoms with van der Waals surface area (Å²) < 4.78 is 1.20. The standard InChI is InChI=1S/C10H24N/c1-6-9-11(4,5)10(7-2)8-3/h10H,6-9H2,1-5H3/q+1. The Bertz CT molecular complexity index is 93.0. The first-order chi connectivity index (χ1) is 5.08. The van der Waals surface area contributed by atoms with Gasteiger partial charge in [0.2, 0.25) is 0 Å². The summed E-state index contributed by atoms with van der Waals surface area (Å²) in [5, 5.41) is 0. The van der Waals surface area contributed by atoms with Crippen molar-refractivity contribution < 1.29 is 4.48 Å². The van der Waals surface area contributed by atoms with Crippen molar-refractivity contribution in [3.63, 3.8) is 0 Å². The minimum Gasteiger partial charge on any atom is -0.326 e. The van der Waals surface area contributed by atoms with E-state index in [-0.39, 0.29) is 0 Å². The van der Waals surface area contributed by atoms with Crippen molar-refractivity contribution in [1.82, 2.24) is 0 Å². The van der Waals surface area contributed by atoms with E-state index < -0.39 is 0 Å². The molecule has 0 radical (unpaired) electrons. The first kappa shape index (κ1) is 11.0. The van der Waals surface area contributed by atoms with Gasteiger partial charge in [-0.25, -0.2) is 0 Å². The highest BCUT2D eigenvalue weighted by molar-refractivity contribution is 4.52. The number of nitrogens with zero attached hydrogens (tertiary/aromatic N) is 1. The van der Waals surface area contributed by atoms with E-state index in [0.717, 1.165) is 6.04 Å². The largest absolute Gasteiger partial charge is 0.326 e. The van der Waals surface area contributed by atoms with Crippen LogP contribution in [0.25, 0.3) is 0 Å². The molecule has 0 saturated heterocycles. The van der Waals surface area contributed by atoms with Crippen molar-refractivity contribution in [2.24, 2.45) is 0 Å². The lowest BCUT2D eigenvalue weighted by atomic mass is 10.1. The van der Waals surface area contributed by atoms with Gasteiger partial charge in [0, 0.05) is 0 Å². The smallest absolute Gasteiger partial charge is 0.0880 e. The molecule has 0 spiro atoms. The Morgan fingerprint density at radius 3 is 1.73 bits per heavy atom. The maximum absolute atomic E-state index is 2.35. The molecule has 0 N–H and O–H groups in total. The zero-order chi connectivity index (χ0) is 8.91. The third-order valence-electron chi connectivity index (χ3n) is 2.73. The maximum Gasteiger partial charge on any atom is 0.0880 e. The molecule has 0 fully saturated rings. The van der Waals surface area contributed by atoms with Gasteiger partial charge < -0.3 is 4.48 Å². The Morgan fingerprint density at radius 1 is 1.00 bits per heavy atom. The van der Waals surface area contributed by atoms with Crippen LogP contribution < -0.4 is 0 Å². The Balaban J connectivity index is 4.00. The van der Waals surface area contributed by atoms with Crippen LogP contribution in [0.1, 0.15) is 40.0 Å². The van der Waals surface area contributed by atoms with Crippen molar-refractivity contribution in [1.29, 1.82) is 0 Å². The van der Waals surface area contributed by atoms with E-state index >= 15 is 0 Å². The van der Waals surface area contributed by atoms with E-state index in [1.54, 1.807) is 0 Å². The summed E-state index contributed by atoms with van der Waals surface area (Å²) in [4.78, 5) is 0. The minimum absolute atomic E-state index is 0.856. The Labute approximate surface area is 72.0 Å². The SMILES string of the molecule is CCC[N+](C)(C)C(CC)CC. The summed E-state index contributed by atoms with van der Waals surface area (Å²) in [7, 11) is 4.70. The lowest BCUT2D eigenvalue weighted by molar-refractivity contribution is -0.915. The van der Waals surface area contributed by atoms with Crippen LogP contribution in [0.2, 0.25) is 0 Å². The molecule has 0 aromatic heterocycles. The van der Waals surface area contributed by atoms with Crippen molar-refractivity contribution in [2.45, 2.75) is 46.1 Å². The molecule has 0 aromatic carbocycles. The fourth-order valence-electron chi connectivity index (χ4n) is 2.04. The molecule has 0 atom stereocenters. The van der Waals surface area contributed by atoms with Gasteiger partial charge in [0.1, 0.15) is 0 Å². The molecule has 0 saturated carbocycles. The molecule has 0 unspecified atom stereocenters. The van der Waals surface area contributed by atoms with Crippen LogP contribution in [0, 0.1) is 0 Å². The van der Waals surface area contributed by atoms with Crippen LogP contribution in [0.15, 0.2) is 0 Å². The van der Waals surface area contributed by atoms with Gasteiger partial charge >= 0.3 is 0 Å². The molecule has 0 rings (SSSR count). The molecule has 0 aliphatic rings. The average molecular weight is 158 g/mol. The molecule has 0 amide bonds. The summed E-state index contributed by atoms with van der Waals surface area (Å²) in [5.41, 5.74) is 0. The molecule has 11 heavy (non-hydrogen) atoms. The van der Waals surface area contributed by atoms with Crippen molar-refractivity contribution in [3.05, 3.63) is 0 Å². The zero-order valence-corrected chi connectivity index (χ0v) is 8.85. The molecular formula is C10H24N+. The number of hydrogen-bond donors (Lipinski definition) is 0. The van der Waals surface area contributed by atoms with Crippen LogP contribution in [-0.4, -0.2) is 31.2 Å². The highest BCUT2D eigenvalue weighted by atomic mass is 15.3. The number of rotatable bonds is 5. The summed E-state index contributed by atoms with van der Waals surface area (Å²) in [6.07, 6.45) is 3.91. The van der Waals surface area contributed by atoms with Gasteiger partial charge in [-0.2, -0.15) is 0 Å². The molecule has 1 nitrogen and oxygen atoms in total. The summed E-state index contributed by atoms with van der Waals surface area (Å²) in [6.45, 7) is 8.17. The van der Waals surface area contributed by atoms with Gasteiger partial charge in [0.05, 0.1) is 26.7 Å². The number of hydrogen-bond acceptors (Lipinski definition) is 0. The summed E-state index contributed by atoms with van der Waals surface area (Å²) >= 11 is 0. The third-order valence-corrected chi connectivity index (χ3v) is 2.73. The van der Waals surface area contributed by atoms with Gasteiger partial charge in [-0.15, -0.1) is 0 Å². The molecular weight excluding hydrogens is 134 g/mol. The highest BCUT2D eigenvalue weighted by Crippen LogP contribution is 2.14. The Morgan fingerprint density at radius 2 is 1.45 bits per heavy atom. The average Bonchev–Trinajstić information content (AvgIpc) is 1.89. The van der Waals surface area contributed by atoms with Gasteiger partial charge in [-0.1, -0.05) is 20.8 Å². The molecule has 0 aliphatic heterocycles. The topological polar surface area (TPSA) is 0 Å². The predicted molar refractivity (Wildman–Crippen MR) is 51.6 cm³/mol. The zero-order valence-electron chi connectivity index (χ0n) is 8.85. The summed E-state index contributed by atoms with van der Waals surface area (Å²) in [5.74, 6) is 0. The molecule has 0 heterocycles. The van der Waals surface area contributed by atoms with Gasteiger partial charge in [0.15, 0.2) is 0 Å². The third kappa shape index (κ3) is 3.24. The first-order valence-electron chi connectivity index (χ1n) is 4.91. The lowest BCUT2D eigenvalue weighted by Crippen LogP contribution is -2.48. The van der Waals surface area contributed by atoms with Crippen molar-refractivity contribution in [2.75, 3.05) is 20.6 Å². The van der Waals surface area contributed by atoms with Gasteiger partial charge in [-0.05, 0) is 19.3 Å². The molecule has 0 bridgehead atoms. The van der Waals surface area contributed by atoms with E-state index in [1.165, 1.54) is 30.3 Å². The highest BCUT2D eigenvalue weighted by Gasteiger charge is 2.23. The van der Waals surface area contributed by atoms with E-state index in [0.29, 0.717) is 0 Å². The van der Waals surface area contributed by atoms with Crippen LogP contribution in [0.3, 0.4) is 0 Å². The van der Waals surface area contributed by atoms with Crippen LogP contribution in [0.4, 0.5) is 0 Å². The minimum atomic E-state index is 0.856. The fraction of sp³-hybridized carbons (Fsp3) is 1.00. The molecule has 1 heteroatoms. The van der Waals surface area contributed by atoms with Crippen LogP contribution in [-0.2, 0) is 0 Å². The van der Waals surface area contributed by atoms with Gasteiger partial charge in [-0.3, -0.25) is 0 Å². The van der Waals surface area contributed by atoms with E-state index in [2.05, 4.69) is 34.9 Å². The second-order valence-corrected chi connectivity index (χ2v) is 3.97. The molecule has 0 aromatic rings.